The number of phenols is 1. The highest BCUT2D eigenvalue weighted by atomic mass is 79.9. The number of amides is 2. The molecule has 6 rings (SSSR count). The van der Waals surface area contributed by atoms with Gasteiger partial charge in [-0.2, -0.15) is 0 Å². The van der Waals surface area contributed by atoms with Gasteiger partial charge in [-0.1, -0.05) is 11.6 Å². The van der Waals surface area contributed by atoms with Crippen LogP contribution in [0.5, 0.6) is 11.5 Å². The Morgan fingerprint density at radius 2 is 1.76 bits per heavy atom. The molecule has 0 spiro atoms. The molecule has 8 nitrogen and oxygen atoms in total. The largest absolute Gasteiger partial charge is 0.503 e. The molecule has 1 heterocycles. The van der Waals surface area contributed by atoms with E-state index in [2.05, 4.69) is 15.9 Å². The molecule has 4 aliphatic rings. The van der Waals surface area contributed by atoms with Gasteiger partial charge < -0.3 is 9.84 Å². The standard InChI is InChI=1S/C32H26BrNO7/c1-14-10-24(36)28-22(29(14)37)13-21-19(26(28)17-11-23(33)30(38)25(12-17)41-3)8-9-20-27(21)32(40)34(31(20)39)18-6-4-16(5-7-18)15(2)35/h4-8,10-12,20-21,26-27,38H,9,13H2,1-3H3/t20-,21+,26-,27-/m0/s1. The van der Waals surface area contributed by atoms with Crippen LogP contribution in [0.15, 0.2) is 75.3 Å². The fraction of sp³-hybridized carbons (Fsp3) is 0.281. The third-order valence-corrected chi connectivity index (χ3v) is 9.30. The number of nitrogens with zero attached hydrogens (tertiary/aromatic N) is 1. The van der Waals surface area contributed by atoms with Gasteiger partial charge in [-0.25, -0.2) is 0 Å². The van der Waals surface area contributed by atoms with Crippen molar-refractivity contribution in [2.45, 2.75) is 32.6 Å². The number of ether oxygens (including phenoxy) is 1. The summed E-state index contributed by atoms with van der Waals surface area (Å²) in [6.07, 6.45) is 3.75. The van der Waals surface area contributed by atoms with Crippen LogP contribution in [0.2, 0.25) is 0 Å². The second kappa shape index (κ2) is 9.76. The Balaban J connectivity index is 1.48. The summed E-state index contributed by atoms with van der Waals surface area (Å²) < 4.78 is 5.74. The third-order valence-electron chi connectivity index (χ3n) is 8.70. The first-order valence-corrected chi connectivity index (χ1v) is 14.1. The van der Waals surface area contributed by atoms with Crippen LogP contribution in [0.3, 0.4) is 0 Å². The number of carbonyl (C=O) groups is 5. The molecule has 0 bridgehead atoms. The van der Waals surface area contributed by atoms with Gasteiger partial charge >= 0.3 is 0 Å². The Bertz CT molecular complexity index is 1680. The lowest BCUT2D eigenvalue weighted by molar-refractivity contribution is -0.123. The van der Waals surface area contributed by atoms with Crippen molar-refractivity contribution in [3.8, 4) is 11.5 Å². The molecular formula is C32H26BrNO7. The SMILES string of the molecule is COc1cc([C@H]2C3=CC[C@@H]4C(=O)N(c5ccc(C(C)=O)cc5)C(=O)[C@@H]4[C@@H]3CC3=C2C(=O)C=C(C)C3=O)cc(Br)c1O. The smallest absolute Gasteiger partial charge is 0.238 e. The van der Waals surface area contributed by atoms with E-state index in [-0.39, 0.29) is 47.1 Å². The molecule has 2 aromatic rings. The lowest BCUT2D eigenvalue weighted by atomic mass is 9.59. The molecular weight excluding hydrogens is 590 g/mol. The van der Waals surface area contributed by atoms with Crippen molar-refractivity contribution in [3.63, 3.8) is 0 Å². The van der Waals surface area contributed by atoms with Crippen LogP contribution in [0.4, 0.5) is 5.69 Å². The van der Waals surface area contributed by atoms with Crippen LogP contribution in [0.1, 0.15) is 48.5 Å². The molecule has 3 aliphatic carbocycles. The van der Waals surface area contributed by atoms with E-state index in [9.17, 15) is 29.1 Å². The molecule has 1 N–H and O–H groups in total. The van der Waals surface area contributed by atoms with Crippen molar-refractivity contribution in [1.29, 1.82) is 0 Å². The summed E-state index contributed by atoms with van der Waals surface area (Å²) in [5.74, 6) is -3.71. The summed E-state index contributed by atoms with van der Waals surface area (Å²) in [6.45, 7) is 3.05. The number of rotatable bonds is 4. The van der Waals surface area contributed by atoms with Crippen LogP contribution in [0, 0.1) is 17.8 Å². The Hall–Kier alpha value is -4.11. The average molecular weight is 616 g/mol. The molecule has 2 aromatic carbocycles. The summed E-state index contributed by atoms with van der Waals surface area (Å²) in [4.78, 5) is 67.5. The number of fused-ring (bicyclic) bond motifs is 3. The highest BCUT2D eigenvalue weighted by Crippen LogP contribution is 2.56. The Kier molecular flexibility index (Phi) is 6.45. The summed E-state index contributed by atoms with van der Waals surface area (Å²) in [5, 5.41) is 10.5. The highest BCUT2D eigenvalue weighted by Gasteiger charge is 2.56. The van der Waals surface area contributed by atoms with Gasteiger partial charge in [0.2, 0.25) is 11.8 Å². The molecule has 9 heteroatoms. The second-order valence-electron chi connectivity index (χ2n) is 10.9. The number of allylic oxidation sites excluding steroid dienone is 6. The lowest BCUT2D eigenvalue weighted by Crippen LogP contribution is -2.39. The van der Waals surface area contributed by atoms with Crippen molar-refractivity contribution in [2.75, 3.05) is 12.0 Å². The molecule has 41 heavy (non-hydrogen) atoms. The summed E-state index contributed by atoms with van der Waals surface area (Å²) in [6, 6.07) is 9.71. The number of phenolic OH excluding ortho intramolecular Hbond substituents is 1. The molecule has 1 fully saturated rings. The molecule has 2 amide bonds. The minimum atomic E-state index is -0.719. The number of benzene rings is 2. The van der Waals surface area contributed by atoms with E-state index in [4.69, 9.17) is 4.74 Å². The highest BCUT2D eigenvalue weighted by molar-refractivity contribution is 9.10. The van der Waals surface area contributed by atoms with Gasteiger partial charge in [0.15, 0.2) is 28.8 Å². The number of hydrogen-bond donors (Lipinski definition) is 1. The number of carbonyl (C=O) groups excluding carboxylic acids is 5. The number of hydrogen-bond acceptors (Lipinski definition) is 7. The van der Waals surface area contributed by atoms with E-state index in [1.807, 2.05) is 6.08 Å². The van der Waals surface area contributed by atoms with Gasteiger partial charge in [-0.15, -0.1) is 0 Å². The fourth-order valence-electron chi connectivity index (χ4n) is 6.78. The maximum absolute atomic E-state index is 14.0. The summed E-state index contributed by atoms with van der Waals surface area (Å²) in [7, 11) is 1.42. The van der Waals surface area contributed by atoms with Crippen molar-refractivity contribution in [2.24, 2.45) is 17.8 Å². The maximum Gasteiger partial charge on any atom is 0.238 e. The van der Waals surface area contributed by atoms with Gasteiger partial charge in [0, 0.05) is 28.2 Å². The van der Waals surface area contributed by atoms with E-state index in [0.29, 0.717) is 44.4 Å². The van der Waals surface area contributed by atoms with Crippen LogP contribution in [-0.2, 0) is 19.2 Å². The molecule has 208 valence electrons. The lowest BCUT2D eigenvalue weighted by Gasteiger charge is -2.42. The van der Waals surface area contributed by atoms with Crippen LogP contribution < -0.4 is 9.64 Å². The predicted molar refractivity (Wildman–Crippen MR) is 153 cm³/mol. The van der Waals surface area contributed by atoms with E-state index in [1.54, 1.807) is 43.3 Å². The van der Waals surface area contributed by atoms with E-state index in [0.717, 1.165) is 5.57 Å². The first-order chi connectivity index (χ1) is 19.5. The molecule has 0 radical (unpaired) electrons. The number of Topliss-reactive ketones (excluding diaryl/α,β-unsaturated/α-hetero) is 2. The minimum absolute atomic E-state index is 0.0970. The van der Waals surface area contributed by atoms with E-state index < -0.39 is 23.7 Å². The Morgan fingerprint density at radius 3 is 2.41 bits per heavy atom. The normalized spacial score (nSPS) is 25.4. The quantitative estimate of drug-likeness (QED) is 0.222. The maximum atomic E-state index is 14.0. The fourth-order valence-corrected chi connectivity index (χ4v) is 7.24. The number of halogens is 1. The number of ketones is 3. The van der Waals surface area contributed by atoms with Gasteiger partial charge in [-0.3, -0.25) is 28.9 Å². The van der Waals surface area contributed by atoms with Crippen LogP contribution in [-0.4, -0.2) is 41.4 Å². The van der Waals surface area contributed by atoms with Crippen LogP contribution in [0.25, 0.3) is 0 Å². The van der Waals surface area contributed by atoms with E-state index >= 15 is 0 Å². The predicted octanol–water partition coefficient (Wildman–Crippen LogP) is 5.00. The van der Waals surface area contributed by atoms with Crippen molar-refractivity contribution in [3.05, 3.63) is 86.4 Å². The molecule has 0 saturated carbocycles. The van der Waals surface area contributed by atoms with Gasteiger partial charge in [0.05, 0.1) is 29.1 Å². The summed E-state index contributed by atoms with van der Waals surface area (Å²) in [5.41, 5.74) is 3.33. The zero-order chi connectivity index (χ0) is 29.3. The molecule has 0 unspecified atom stereocenters. The van der Waals surface area contributed by atoms with Crippen molar-refractivity contribution >= 4 is 50.8 Å². The van der Waals surface area contributed by atoms with Gasteiger partial charge in [-0.05, 0) is 96.6 Å². The number of imide groups is 1. The first-order valence-electron chi connectivity index (χ1n) is 13.3. The monoisotopic (exact) mass is 615 g/mol. The average Bonchev–Trinajstić information content (AvgIpc) is 3.21. The van der Waals surface area contributed by atoms with Gasteiger partial charge in [0.25, 0.3) is 0 Å². The summed E-state index contributed by atoms with van der Waals surface area (Å²) >= 11 is 3.37. The first kappa shape index (κ1) is 27.1. The second-order valence-corrected chi connectivity index (χ2v) is 11.8. The van der Waals surface area contributed by atoms with E-state index in [1.165, 1.54) is 25.0 Å². The van der Waals surface area contributed by atoms with Crippen LogP contribution >= 0.6 is 15.9 Å². The minimum Gasteiger partial charge on any atom is -0.503 e. The molecule has 0 aromatic heterocycles. The molecule has 4 atom stereocenters. The number of methoxy groups -OCH3 is 1. The zero-order valence-electron chi connectivity index (χ0n) is 22.6. The zero-order valence-corrected chi connectivity index (χ0v) is 24.2. The van der Waals surface area contributed by atoms with Crippen molar-refractivity contribution in [1.82, 2.24) is 0 Å². The third kappa shape index (κ3) is 4.05. The Morgan fingerprint density at radius 1 is 1.05 bits per heavy atom. The van der Waals surface area contributed by atoms with Gasteiger partial charge in [0.1, 0.15) is 0 Å². The number of anilines is 1. The van der Waals surface area contributed by atoms with Crippen molar-refractivity contribution < 1.29 is 33.8 Å². The Labute approximate surface area is 244 Å². The number of aromatic hydroxyl groups is 1. The molecule has 1 aliphatic heterocycles. The topological polar surface area (TPSA) is 118 Å². The molecule has 1 saturated heterocycles.